The van der Waals surface area contributed by atoms with Crippen LogP contribution in [0.15, 0.2) is 30.6 Å². The van der Waals surface area contributed by atoms with E-state index in [1.807, 2.05) is 24.3 Å². The lowest BCUT2D eigenvalue weighted by atomic mass is 10.2. The minimum atomic E-state index is 0.552. The topological polar surface area (TPSA) is 76.3 Å². The zero-order valence-electron chi connectivity index (χ0n) is 12.1. The summed E-state index contributed by atoms with van der Waals surface area (Å²) >= 11 is 6.16. The average molecular weight is 320 g/mol. The number of anilines is 3. The van der Waals surface area contributed by atoms with E-state index in [0.717, 1.165) is 29.5 Å². The van der Waals surface area contributed by atoms with Gasteiger partial charge in [-0.25, -0.2) is 9.97 Å². The summed E-state index contributed by atoms with van der Waals surface area (Å²) in [5, 5.41) is 3.95. The molecular weight excluding hydrogens is 302 g/mol. The Morgan fingerprint density at radius 3 is 2.77 bits per heavy atom. The largest absolute Gasteiger partial charge is 0.393 e. The Labute approximate surface area is 134 Å². The van der Waals surface area contributed by atoms with Crippen molar-refractivity contribution in [1.29, 1.82) is 0 Å². The summed E-state index contributed by atoms with van der Waals surface area (Å²) in [7, 11) is 0. The first-order chi connectivity index (χ1) is 10.8. The third kappa shape index (κ3) is 3.23. The summed E-state index contributed by atoms with van der Waals surface area (Å²) in [6, 6.07) is 7.68. The van der Waals surface area contributed by atoms with Crippen molar-refractivity contribution in [2.45, 2.75) is 6.54 Å². The molecule has 0 spiro atoms. The molecule has 1 fully saturated rings. The van der Waals surface area contributed by atoms with Crippen molar-refractivity contribution in [3.63, 3.8) is 0 Å². The van der Waals surface area contributed by atoms with E-state index in [0.29, 0.717) is 31.3 Å². The molecule has 1 aromatic carbocycles. The summed E-state index contributed by atoms with van der Waals surface area (Å²) in [5.74, 6) is 1.37. The number of halogens is 1. The second kappa shape index (κ2) is 6.81. The first kappa shape index (κ1) is 14.9. The van der Waals surface area contributed by atoms with Gasteiger partial charge in [0.15, 0.2) is 11.6 Å². The number of benzene rings is 1. The average Bonchev–Trinajstić information content (AvgIpc) is 2.56. The van der Waals surface area contributed by atoms with Gasteiger partial charge in [0.05, 0.1) is 13.2 Å². The number of hydrogen-bond acceptors (Lipinski definition) is 6. The molecule has 0 bridgehead atoms. The van der Waals surface area contributed by atoms with Crippen molar-refractivity contribution in [1.82, 2.24) is 9.97 Å². The molecule has 3 N–H and O–H groups in total. The van der Waals surface area contributed by atoms with Gasteiger partial charge in [0.25, 0.3) is 0 Å². The first-order valence-electron chi connectivity index (χ1n) is 7.16. The van der Waals surface area contributed by atoms with E-state index in [1.54, 1.807) is 0 Å². The van der Waals surface area contributed by atoms with E-state index >= 15 is 0 Å². The summed E-state index contributed by atoms with van der Waals surface area (Å²) in [4.78, 5) is 10.6. The Hall–Kier alpha value is -2.05. The lowest BCUT2D eigenvalue weighted by Crippen LogP contribution is -2.37. The van der Waals surface area contributed by atoms with Gasteiger partial charge in [0, 0.05) is 24.7 Å². The molecule has 1 aromatic heterocycles. The molecular formula is C15H18ClN5O. The maximum atomic E-state index is 6.21. The standard InChI is InChI=1S/C15H18ClN5O/c16-12-4-2-1-3-11(12)9-18-14-13(17)15(20-10-19-14)21-5-7-22-8-6-21/h1-4,10H,5-9,17H2,(H,18,19,20). The molecule has 0 amide bonds. The maximum absolute atomic E-state index is 6.21. The molecule has 22 heavy (non-hydrogen) atoms. The fourth-order valence-electron chi connectivity index (χ4n) is 2.38. The maximum Gasteiger partial charge on any atom is 0.157 e. The monoisotopic (exact) mass is 319 g/mol. The Morgan fingerprint density at radius 2 is 2.00 bits per heavy atom. The number of rotatable bonds is 4. The molecule has 3 rings (SSSR count). The fraction of sp³-hybridized carbons (Fsp3) is 0.333. The number of nitrogens with two attached hydrogens (primary N) is 1. The summed E-state index contributed by atoms with van der Waals surface area (Å²) in [5.41, 5.74) is 7.76. The van der Waals surface area contributed by atoms with Gasteiger partial charge >= 0.3 is 0 Å². The third-order valence-corrected chi connectivity index (χ3v) is 3.95. The number of nitrogens with one attached hydrogen (secondary N) is 1. The quantitative estimate of drug-likeness (QED) is 0.899. The predicted molar refractivity (Wildman–Crippen MR) is 88.3 cm³/mol. The lowest BCUT2D eigenvalue weighted by Gasteiger charge is -2.29. The number of aromatic nitrogens is 2. The first-order valence-corrected chi connectivity index (χ1v) is 7.54. The van der Waals surface area contributed by atoms with Gasteiger partial charge in [0.2, 0.25) is 0 Å². The summed E-state index contributed by atoms with van der Waals surface area (Å²) in [6.45, 7) is 3.50. The Bertz CT molecular complexity index is 646. The Kier molecular flexibility index (Phi) is 4.60. The zero-order chi connectivity index (χ0) is 15.4. The molecule has 6 nitrogen and oxygen atoms in total. The fourth-order valence-corrected chi connectivity index (χ4v) is 2.58. The minimum absolute atomic E-state index is 0.552. The van der Waals surface area contributed by atoms with E-state index < -0.39 is 0 Å². The third-order valence-electron chi connectivity index (χ3n) is 3.58. The molecule has 0 saturated carbocycles. The smallest absolute Gasteiger partial charge is 0.157 e. The molecule has 7 heteroatoms. The van der Waals surface area contributed by atoms with Crippen LogP contribution in [0.5, 0.6) is 0 Å². The highest BCUT2D eigenvalue weighted by Crippen LogP contribution is 2.27. The lowest BCUT2D eigenvalue weighted by molar-refractivity contribution is 0.122. The van der Waals surface area contributed by atoms with E-state index in [-0.39, 0.29) is 0 Å². The molecule has 0 aliphatic carbocycles. The van der Waals surface area contributed by atoms with Gasteiger partial charge in [0.1, 0.15) is 12.0 Å². The van der Waals surface area contributed by atoms with E-state index in [1.165, 1.54) is 6.33 Å². The Balaban J connectivity index is 1.75. The Morgan fingerprint density at radius 1 is 1.23 bits per heavy atom. The SMILES string of the molecule is Nc1c(NCc2ccccc2Cl)ncnc1N1CCOCC1. The highest BCUT2D eigenvalue weighted by molar-refractivity contribution is 6.31. The number of morpholine rings is 1. The second-order valence-electron chi connectivity index (χ2n) is 5.00. The van der Waals surface area contributed by atoms with Crippen molar-refractivity contribution in [2.24, 2.45) is 0 Å². The van der Waals surface area contributed by atoms with Crippen LogP contribution in [0.1, 0.15) is 5.56 Å². The van der Waals surface area contributed by atoms with Gasteiger partial charge in [-0.3, -0.25) is 0 Å². The highest BCUT2D eigenvalue weighted by atomic mass is 35.5. The molecule has 0 atom stereocenters. The number of nitrogen functional groups attached to an aromatic ring is 1. The highest BCUT2D eigenvalue weighted by Gasteiger charge is 2.17. The van der Waals surface area contributed by atoms with Crippen LogP contribution in [-0.2, 0) is 11.3 Å². The van der Waals surface area contributed by atoms with Gasteiger partial charge < -0.3 is 20.7 Å². The molecule has 2 aromatic rings. The van der Waals surface area contributed by atoms with Crippen LogP contribution in [0, 0.1) is 0 Å². The van der Waals surface area contributed by atoms with Crippen molar-refractivity contribution >= 4 is 28.9 Å². The number of nitrogens with zero attached hydrogens (tertiary/aromatic N) is 3. The van der Waals surface area contributed by atoms with Crippen LogP contribution >= 0.6 is 11.6 Å². The van der Waals surface area contributed by atoms with Crippen molar-refractivity contribution in [2.75, 3.05) is 42.3 Å². The van der Waals surface area contributed by atoms with Crippen LogP contribution in [0.25, 0.3) is 0 Å². The molecule has 0 unspecified atom stereocenters. The van der Waals surface area contributed by atoms with Crippen LogP contribution in [0.3, 0.4) is 0 Å². The van der Waals surface area contributed by atoms with E-state index in [9.17, 15) is 0 Å². The van der Waals surface area contributed by atoms with Crippen molar-refractivity contribution in [3.05, 3.63) is 41.2 Å². The predicted octanol–water partition coefficient (Wildman–Crippen LogP) is 2.16. The zero-order valence-corrected chi connectivity index (χ0v) is 12.9. The van der Waals surface area contributed by atoms with E-state index in [2.05, 4.69) is 20.2 Å². The van der Waals surface area contributed by atoms with Gasteiger partial charge in [-0.15, -0.1) is 0 Å². The van der Waals surface area contributed by atoms with Crippen LogP contribution in [0.2, 0.25) is 5.02 Å². The van der Waals surface area contributed by atoms with Gasteiger partial charge in [-0.1, -0.05) is 29.8 Å². The van der Waals surface area contributed by atoms with Crippen LogP contribution in [-0.4, -0.2) is 36.3 Å². The van der Waals surface area contributed by atoms with Crippen molar-refractivity contribution < 1.29 is 4.74 Å². The number of ether oxygens (including phenoxy) is 1. The summed E-state index contributed by atoms with van der Waals surface area (Å²) in [6.07, 6.45) is 1.52. The second-order valence-corrected chi connectivity index (χ2v) is 5.41. The molecule has 1 aliphatic rings. The van der Waals surface area contributed by atoms with Crippen LogP contribution in [0.4, 0.5) is 17.3 Å². The van der Waals surface area contributed by atoms with Gasteiger partial charge in [-0.05, 0) is 11.6 Å². The minimum Gasteiger partial charge on any atom is -0.393 e. The number of hydrogen-bond donors (Lipinski definition) is 2. The molecule has 2 heterocycles. The molecule has 1 aliphatic heterocycles. The van der Waals surface area contributed by atoms with Crippen molar-refractivity contribution in [3.8, 4) is 0 Å². The van der Waals surface area contributed by atoms with E-state index in [4.69, 9.17) is 22.1 Å². The van der Waals surface area contributed by atoms with Gasteiger partial charge in [-0.2, -0.15) is 0 Å². The molecule has 116 valence electrons. The van der Waals surface area contributed by atoms with Crippen LogP contribution < -0.4 is 16.0 Å². The molecule has 0 radical (unpaired) electrons. The normalized spacial score (nSPS) is 14.9. The summed E-state index contributed by atoms with van der Waals surface area (Å²) < 4.78 is 5.35. The molecule has 1 saturated heterocycles.